The van der Waals surface area contributed by atoms with Gasteiger partial charge in [0.2, 0.25) is 5.91 Å². The van der Waals surface area contributed by atoms with Crippen LogP contribution in [0.5, 0.6) is 0 Å². The summed E-state index contributed by atoms with van der Waals surface area (Å²) in [6.45, 7) is 6.27. The first kappa shape index (κ1) is 18.4. The molecule has 0 spiro atoms. The molecule has 1 N–H and O–H groups in total. The summed E-state index contributed by atoms with van der Waals surface area (Å²) in [5.74, 6) is -1.21. The van der Waals surface area contributed by atoms with Crippen LogP contribution in [0.2, 0.25) is 0 Å². The summed E-state index contributed by atoms with van der Waals surface area (Å²) in [7, 11) is 0. The van der Waals surface area contributed by atoms with Crippen LogP contribution in [-0.2, 0) is 9.59 Å². The summed E-state index contributed by atoms with van der Waals surface area (Å²) in [6, 6.07) is -0.123. The van der Waals surface area contributed by atoms with Crippen LogP contribution in [-0.4, -0.2) is 58.4 Å². The lowest BCUT2D eigenvalue weighted by molar-refractivity contribution is -0.145. The van der Waals surface area contributed by atoms with E-state index in [4.69, 9.17) is 5.11 Å². The summed E-state index contributed by atoms with van der Waals surface area (Å²) in [5, 5.41) is 10.9. The lowest BCUT2D eigenvalue weighted by atomic mass is 10.1. The molecule has 1 aliphatic rings. The van der Waals surface area contributed by atoms with Crippen molar-refractivity contribution in [1.82, 2.24) is 9.80 Å². The predicted octanol–water partition coefficient (Wildman–Crippen LogP) is 2.29. The number of carbonyl (C=O) groups is 3. The fourth-order valence-electron chi connectivity index (χ4n) is 3.13. The lowest BCUT2D eigenvalue weighted by Gasteiger charge is -2.28. The van der Waals surface area contributed by atoms with E-state index >= 15 is 0 Å². The number of carbonyl (C=O) groups excluding carboxylic acids is 2. The van der Waals surface area contributed by atoms with Crippen molar-refractivity contribution in [2.75, 3.05) is 19.6 Å². The van der Waals surface area contributed by atoms with Crippen molar-refractivity contribution in [3.8, 4) is 0 Å². The first-order valence-electron chi connectivity index (χ1n) is 8.14. The molecular weight excluding hydrogens is 328 g/mol. The van der Waals surface area contributed by atoms with Crippen molar-refractivity contribution in [3.05, 3.63) is 21.4 Å². The normalized spacial score (nSPS) is 18.1. The van der Waals surface area contributed by atoms with Gasteiger partial charge in [-0.1, -0.05) is 0 Å². The SMILES string of the molecule is CC(=O)N(CC(=O)O)C1CCCN(C(=O)c2csc(C)c2C)CC1. The number of nitrogens with zero attached hydrogens (tertiary/aromatic N) is 2. The number of aliphatic carboxylic acids is 1. The topological polar surface area (TPSA) is 77.9 Å². The van der Waals surface area contributed by atoms with Gasteiger partial charge in [-0.2, -0.15) is 0 Å². The first-order chi connectivity index (χ1) is 11.3. The molecule has 2 rings (SSSR count). The zero-order valence-electron chi connectivity index (χ0n) is 14.4. The molecule has 2 heterocycles. The third-order valence-corrected chi connectivity index (χ3v) is 5.67. The zero-order chi connectivity index (χ0) is 17.9. The van der Waals surface area contributed by atoms with E-state index in [2.05, 4.69) is 0 Å². The minimum atomic E-state index is -1.01. The van der Waals surface area contributed by atoms with Crippen molar-refractivity contribution < 1.29 is 19.5 Å². The summed E-state index contributed by atoms with van der Waals surface area (Å²) in [4.78, 5) is 39.9. The quantitative estimate of drug-likeness (QED) is 0.902. The highest BCUT2D eigenvalue weighted by Crippen LogP contribution is 2.24. The average molecular weight is 352 g/mol. The minimum Gasteiger partial charge on any atom is -0.480 e. The Morgan fingerprint density at radius 1 is 1.29 bits per heavy atom. The maximum atomic E-state index is 12.7. The number of hydrogen-bond donors (Lipinski definition) is 1. The van der Waals surface area contributed by atoms with Gasteiger partial charge in [-0.3, -0.25) is 14.4 Å². The maximum absolute atomic E-state index is 12.7. The van der Waals surface area contributed by atoms with Crippen LogP contribution in [0, 0.1) is 13.8 Å². The Morgan fingerprint density at radius 2 is 2.00 bits per heavy atom. The molecule has 1 saturated heterocycles. The van der Waals surface area contributed by atoms with E-state index in [1.807, 2.05) is 24.1 Å². The molecule has 1 fully saturated rings. The smallest absolute Gasteiger partial charge is 0.323 e. The van der Waals surface area contributed by atoms with E-state index in [1.54, 1.807) is 11.3 Å². The largest absolute Gasteiger partial charge is 0.480 e. The Labute approximate surface area is 146 Å². The molecule has 0 bridgehead atoms. The summed E-state index contributed by atoms with van der Waals surface area (Å²) in [6.07, 6.45) is 2.10. The van der Waals surface area contributed by atoms with Crippen LogP contribution in [0.4, 0.5) is 0 Å². The van der Waals surface area contributed by atoms with Gasteiger partial charge < -0.3 is 14.9 Å². The highest BCUT2D eigenvalue weighted by molar-refractivity contribution is 7.10. The Morgan fingerprint density at radius 3 is 2.54 bits per heavy atom. The molecule has 1 aromatic heterocycles. The fraction of sp³-hybridized carbons (Fsp3) is 0.588. The van der Waals surface area contributed by atoms with E-state index in [1.165, 1.54) is 11.8 Å². The number of amides is 2. The molecule has 1 atom stereocenters. The molecule has 0 saturated carbocycles. The Kier molecular flexibility index (Phi) is 5.99. The van der Waals surface area contributed by atoms with E-state index in [9.17, 15) is 14.4 Å². The Bertz CT molecular complexity index is 641. The second-order valence-corrected chi connectivity index (χ2v) is 7.33. The molecule has 0 aliphatic carbocycles. The van der Waals surface area contributed by atoms with Crippen LogP contribution >= 0.6 is 11.3 Å². The standard InChI is InChI=1S/C17H24N2O4S/c1-11-12(2)24-10-15(11)17(23)18-7-4-5-14(6-8-18)19(13(3)20)9-16(21)22/h10,14H,4-9H2,1-3H3,(H,21,22). The minimum absolute atomic E-state index is 0.0325. The van der Waals surface area contributed by atoms with Crippen LogP contribution < -0.4 is 0 Å². The van der Waals surface area contributed by atoms with Crippen molar-refractivity contribution in [3.63, 3.8) is 0 Å². The number of thiophene rings is 1. The van der Waals surface area contributed by atoms with Crippen LogP contribution in [0.25, 0.3) is 0 Å². The van der Waals surface area contributed by atoms with Gasteiger partial charge in [0, 0.05) is 36.3 Å². The van der Waals surface area contributed by atoms with Crippen molar-refractivity contribution >= 4 is 29.1 Å². The Hall–Kier alpha value is -1.89. The van der Waals surface area contributed by atoms with Gasteiger partial charge >= 0.3 is 5.97 Å². The van der Waals surface area contributed by atoms with Crippen LogP contribution in [0.15, 0.2) is 5.38 Å². The fourth-order valence-corrected chi connectivity index (χ4v) is 3.99. The lowest BCUT2D eigenvalue weighted by Crippen LogP contribution is -2.43. The van der Waals surface area contributed by atoms with Gasteiger partial charge in [-0.05, 0) is 38.7 Å². The highest BCUT2D eigenvalue weighted by atomic mass is 32.1. The number of hydrogen-bond acceptors (Lipinski definition) is 4. The van der Waals surface area contributed by atoms with Crippen molar-refractivity contribution in [1.29, 1.82) is 0 Å². The van der Waals surface area contributed by atoms with E-state index in [0.29, 0.717) is 19.5 Å². The molecule has 6 nitrogen and oxygen atoms in total. The molecule has 7 heteroatoms. The molecule has 24 heavy (non-hydrogen) atoms. The van der Waals surface area contributed by atoms with Crippen LogP contribution in [0.1, 0.15) is 47.0 Å². The zero-order valence-corrected chi connectivity index (χ0v) is 15.2. The number of carboxylic acids is 1. The molecular formula is C17H24N2O4S. The number of aryl methyl sites for hydroxylation is 1. The van der Waals surface area contributed by atoms with Gasteiger partial charge in [0.25, 0.3) is 5.91 Å². The van der Waals surface area contributed by atoms with Gasteiger partial charge in [0.15, 0.2) is 0 Å². The van der Waals surface area contributed by atoms with E-state index in [0.717, 1.165) is 28.8 Å². The predicted molar refractivity (Wildman–Crippen MR) is 92.4 cm³/mol. The van der Waals surface area contributed by atoms with Crippen molar-refractivity contribution in [2.45, 2.75) is 46.1 Å². The number of carboxylic acid groups (broad SMARTS) is 1. The molecule has 0 aromatic carbocycles. The van der Waals surface area contributed by atoms with E-state index < -0.39 is 5.97 Å². The maximum Gasteiger partial charge on any atom is 0.323 e. The van der Waals surface area contributed by atoms with Crippen LogP contribution in [0.3, 0.4) is 0 Å². The number of likely N-dealkylation sites (tertiary alicyclic amines) is 1. The molecule has 2 amide bonds. The van der Waals surface area contributed by atoms with Gasteiger partial charge in [0.1, 0.15) is 6.54 Å². The molecule has 132 valence electrons. The third-order valence-electron chi connectivity index (χ3n) is 4.65. The van der Waals surface area contributed by atoms with Crippen molar-refractivity contribution in [2.24, 2.45) is 0 Å². The monoisotopic (exact) mass is 352 g/mol. The highest BCUT2D eigenvalue weighted by Gasteiger charge is 2.28. The molecule has 0 radical (unpaired) electrons. The molecule has 1 aliphatic heterocycles. The van der Waals surface area contributed by atoms with Gasteiger partial charge in [0.05, 0.1) is 5.56 Å². The van der Waals surface area contributed by atoms with E-state index in [-0.39, 0.29) is 24.4 Å². The molecule has 1 aromatic rings. The van der Waals surface area contributed by atoms with Gasteiger partial charge in [-0.25, -0.2) is 0 Å². The average Bonchev–Trinajstić information content (AvgIpc) is 2.74. The summed E-state index contributed by atoms with van der Waals surface area (Å²) >= 11 is 1.58. The summed E-state index contributed by atoms with van der Waals surface area (Å²) < 4.78 is 0. The Balaban J connectivity index is 2.06. The van der Waals surface area contributed by atoms with Gasteiger partial charge in [-0.15, -0.1) is 11.3 Å². The molecule has 1 unspecified atom stereocenters. The summed E-state index contributed by atoms with van der Waals surface area (Å²) in [5.41, 5.74) is 1.78. The third kappa shape index (κ3) is 4.14. The number of rotatable bonds is 4. The first-order valence-corrected chi connectivity index (χ1v) is 9.02. The second kappa shape index (κ2) is 7.79. The second-order valence-electron chi connectivity index (χ2n) is 6.25.